The number of benzene rings is 1. The van der Waals surface area contributed by atoms with Crippen LogP contribution in [-0.2, 0) is 28.5 Å². The van der Waals surface area contributed by atoms with Crippen LogP contribution in [-0.4, -0.2) is 70.3 Å². The highest BCUT2D eigenvalue weighted by atomic mass is 35.5. The van der Waals surface area contributed by atoms with Gasteiger partial charge in [-0.3, -0.25) is 4.79 Å². The van der Waals surface area contributed by atoms with Crippen molar-refractivity contribution in [2.24, 2.45) is 0 Å². The lowest BCUT2D eigenvalue weighted by atomic mass is 9.87. The molecule has 0 saturated carbocycles. The maximum absolute atomic E-state index is 12.9. The van der Waals surface area contributed by atoms with Gasteiger partial charge in [0.15, 0.2) is 35.1 Å². The molecule has 2 heterocycles. The van der Waals surface area contributed by atoms with Crippen LogP contribution in [0, 0.1) is 23.7 Å². The lowest BCUT2D eigenvalue weighted by Crippen LogP contribution is -2.52. The third-order valence-electron chi connectivity index (χ3n) is 7.14. The minimum atomic E-state index is -1.14. The normalized spacial score (nSPS) is 31.5. The molecule has 1 aromatic rings. The van der Waals surface area contributed by atoms with Crippen molar-refractivity contribution in [3.05, 3.63) is 46.0 Å². The van der Waals surface area contributed by atoms with Crippen molar-refractivity contribution in [2.75, 3.05) is 34.7 Å². The monoisotopic (exact) mass is 569 g/mol. The standard InChI is InChI=1S/C30H32ClNO8/c1-29(2)39-25-12-8-19-7-6-18-14-15-32-26(33)16-23(37-17-34-3)20-9-10-22(36-5)28(27(20)31)38-24(30(19,25)40-29)13-11-21(18)35-4/h8-10,14,21,23-25H,12,15-17H2,1-5H3,(H,32,33)/b18-14-/t21-,23-,24-,25-,30-/m1/s1. The van der Waals surface area contributed by atoms with Crippen molar-refractivity contribution in [1.82, 2.24) is 5.32 Å². The van der Waals surface area contributed by atoms with Crippen molar-refractivity contribution in [1.29, 1.82) is 0 Å². The Bertz CT molecular complexity index is 1360. The van der Waals surface area contributed by atoms with E-state index in [4.69, 9.17) is 44.8 Å². The van der Waals surface area contributed by atoms with Gasteiger partial charge >= 0.3 is 0 Å². The van der Waals surface area contributed by atoms with Crippen LogP contribution in [0.5, 0.6) is 11.5 Å². The van der Waals surface area contributed by atoms with Crippen LogP contribution in [0.2, 0.25) is 5.02 Å². The minimum Gasteiger partial charge on any atom is -0.493 e. The first kappa shape index (κ1) is 28.5. The van der Waals surface area contributed by atoms with Crippen molar-refractivity contribution >= 4 is 17.5 Å². The summed E-state index contributed by atoms with van der Waals surface area (Å²) in [6.45, 7) is 3.87. The average Bonchev–Trinajstić information content (AvgIpc) is 3.40. The fourth-order valence-electron chi connectivity index (χ4n) is 5.39. The molecule has 1 aromatic carbocycles. The van der Waals surface area contributed by atoms with Gasteiger partial charge in [-0.2, -0.15) is 0 Å². The maximum atomic E-state index is 12.9. The maximum Gasteiger partial charge on any atom is 0.223 e. The first-order chi connectivity index (χ1) is 19.2. The summed E-state index contributed by atoms with van der Waals surface area (Å²) in [6, 6.07) is 3.46. The second-order valence-corrected chi connectivity index (χ2v) is 10.5. The summed E-state index contributed by atoms with van der Waals surface area (Å²) in [4.78, 5) is 12.9. The Labute approximate surface area is 239 Å². The molecule has 0 unspecified atom stereocenters. The molecule has 212 valence electrons. The molecule has 9 nitrogen and oxygen atoms in total. The summed E-state index contributed by atoms with van der Waals surface area (Å²) in [5.74, 6) is 12.4. The zero-order valence-corrected chi connectivity index (χ0v) is 23.8. The van der Waals surface area contributed by atoms with Gasteiger partial charge in [0.1, 0.15) is 12.9 Å². The molecule has 1 fully saturated rings. The number of ether oxygens (including phenoxy) is 7. The molecular formula is C30H32ClNO8. The number of hydrogen-bond acceptors (Lipinski definition) is 8. The number of carbonyl (C=O) groups is 1. The SMILES string of the molecule is COCO[C@@H]1CC(=O)NC/C=C2/C#CC3=CC[C@H]4OC(C)(C)O[C@@]34[C@@H](C#C[C@H]2OC)Oc2c(OC)ccc1c2Cl. The van der Waals surface area contributed by atoms with E-state index in [9.17, 15) is 4.79 Å². The summed E-state index contributed by atoms with van der Waals surface area (Å²) in [5.41, 5.74) is 0.684. The van der Waals surface area contributed by atoms with Crippen LogP contribution < -0.4 is 14.8 Å². The van der Waals surface area contributed by atoms with E-state index in [0.29, 0.717) is 28.9 Å². The van der Waals surface area contributed by atoms with Crippen LogP contribution in [0.15, 0.2) is 35.4 Å². The zero-order valence-electron chi connectivity index (χ0n) is 23.1. The number of amides is 1. The van der Waals surface area contributed by atoms with E-state index in [1.807, 2.05) is 19.9 Å². The largest absolute Gasteiger partial charge is 0.493 e. The molecule has 10 heteroatoms. The number of rotatable bonds is 5. The van der Waals surface area contributed by atoms with E-state index in [1.165, 1.54) is 14.2 Å². The smallest absolute Gasteiger partial charge is 0.223 e. The quantitative estimate of drug-likeness (QED) is 0.426. The topological polar surface area (TPSA) is 93.7 Å². The Morgan fingerprint density at radius 3 is 2.73 bits per heavy atom. The Morgan fingerprint density at radius 1 is 1.15 bits per heavy atom. The van der Waals surface area contributed by atoms with E-state index < -0.39 is 35.8 Å². The van der Waals surface area contributed by atoms with Gasteiger partial charge in [0, 0.05) is 37.5 Å². The van der Waals surface area contributed by atoms with Crippen LogP contribution in [0.25, 0.3) is 0 Å². The molecule has 0 radical (unpaired) electrons. The van der Waals surface area contributed by atoms with E-state index in [2.05, 4.69) is 29.0 Å². The van der Waals surface area contributed by atoms with Gasteiger partial charge in [-0.05, 0) is 26.3 Å². The minimum absolute atomic E-state index is 0.0125. The van der Waals surface area contributed by atoms with Gasteiger partial charge in [0.05, 0.1) is 24.7 Å². The first-order valence-electron chi connectivity index (χ1n) is 13.0. The van der Waals surface area contributed by atoms with E-state index in [0.717, 1.165) is 0 Å². The predicted octanol–water partition coefficient (Wildman–Crippen LogP) is 3.46. The number of carbonyl (C=O) groups excluding carboxylic acids is 1. The van der Waals surface area contributed by atoms with Crippen LogP contribution in [0.3, 0.4) is 0 Å². The number of halogens is 1. The summed E-state index contributed by atoms with van der Waals surface area (Å²) >= 11 is 7.00. The number of hydrogen-bond donors (Lipinski definition) is 1. The highest BCUT2D eigenvalue weighted by Crippen LogP contribution is 2.51. The third-order valence-corrected chi connectivity index (χ3v) is 7.53. The van der Waals surface area contributed by atoms with E-state index in [1.54, 1.807) is 25.3 Å². The molecule has 1 saturated heterocycles. The van der Waals surface area contributed by atoms with Crippen molar-refractivity contribution in [2.45, 2.75) is 62.5 Å². The molecule has 4 bridgehead atoms. The lowest BCUT2D eigenvalue weighted by molar-refractivity contribution is -0.166. The number of nitrogens with one attached hydrogen (secondary N) is 1. The van der Waals surface area contributed by atoms with Gasteiger partial charge in [-0.15, -0.1) is 0 Å². The first-order valence-corrected chi connectivity index (χ1v) is 13.3. The van der Waals surface area contributed by atoms with Crippen LogP contribution in [0.4, 0.5) is 0 Å². The second kappa shape index (κ2) is 11.5. The molecule has 2 aliphatic heterocycles. The lowest BCUT2D eigenvalue weighted by Gasteiger charge is -2.35. The van der Waals surface area contributed by atoms with Crippen molar-refractivity contribution in [3.63, 3.8) is 0 Å². The highest BCUT2D eigenvalue weighted by Gasteiger charge is 2.63. The molecule has 1 amide bonds. The molecule has 1 N–H and O–H groups in total. The van der Waals surface area contributed by atoms with Crippen LogP contribution >= 0.6 is 11.6 Å². The number of fused-ring (bicyclic) bond motifs is 5. The van der Waals surface area contributed by atoms with Crippen LogP contribution in [0.1, 0.15) is 38.4 Å². The van der Waals surface area contributed by atoms with Crippen molar-refractivity contribution < 1.29 is 38.0 Å². The molecule has 5 atom stereocenters. The molecule has 2 aliphatic carbocycles. The fourth-order valence-corrected chi connectivity index (χ4v) is 5.71. The highest BCUT2D eigenvalue weighted by molar-refractivity contribution is 6.33. The summed E-state index contributed by atoms with van der Waals surface area (Å²) in [5, 5.41) is 3.11. The van der Waals surface area contributed by atoms with E-state index in [-0.39, 0.29) is 36.4 Å². The Hall–Kier alpha value is -3.02. The van der Waals surface area contributed by atoms with Gasteiger partial charge in [0.2, 0.25) is 5.91 Å². The summed E-state index contributed by atoms with van der Waals surface area (Å²) < 4.78 is 42.0. The van der Waals surface area contributed by atoms with Crippen molar-refractivity contribution in [3.8, 4) is 35.2 Å². The molecular weight excluding hydrogens is 538 g/mol. The Balaban J connectivity index is 1.73. The average molecular weight is 570 g/mol. The van der Waals surface area contributed by atoms with Gasteiger partial charge in [-0.1, -0.05) is 53.5 Å². The second-order valence-electron chi connectivity index (χ2n) is 10.1. The Morgan fingerprint density at radius 2 is 1.98 bits per heavy atom. The number of methoxy groups -OCH3 is 3. The van der Waals surface area contributed by atoms with Gasteiger partial charge in [-0.25, -0.2) is 0 Å². The zero-order chi connectivity index (χ0) is 28.5. The van der Waals surface area contributed by atoms with E-state index >= 15 is 0 Å². The fraction of sp³-hybridized carbons (Fsp3) is 0.500. The molecule has 0 aromatic heterocycles. The molecule has 5 rings (SSSR count). The third kappa shape index (κ3) is 5.22. The molecule has 4 aliphatic rings. The Kier molecular flexibility index (Phi) is 8.17. The summed E-state index contributed by atoms with van der Waals surface area (Å²) in [7, 11) is 4.58. The molecule has 40 heavy (non-hydrogen) atoms. The van der Waals surface area contributed by atoms with Gasteiger partial charge in [0.25, 0.3) is 0 Å². The van der Waals surface area contributed by atoms with Gasteiger partial charge < -0.3 is 38.5 Å². The molecule has 1 spiro atoms. The summed E-state index contributed by atoms with van der Waals surface area (Å²) in [6.07, 6.45) is 1.63. The predicted molar refractivity (Wildman–Crippen MR) is 146 cm³/mol.